The molecule has 1 unspecified atom stereocenters. The average molecular weight is 271 g/mol. The van der Waals surface area contributed by atoms with Gasteiger partial charge in [-0.2, -0.15) is 0 Å². The average Bonchev–Trinajstić information content (AvgIpc) is 2.36. The van der Waals surface area contributed by atoms with Crippen molar-refractivity contribution in [1.82, 2.24) is 9.80 Å². The van der Waals surface area contributed by atoms with Gasteiger partial charge in [-0.15, -0.1) is 0 Å². The minimum absolute atomic E-state index is 0.167. The number of piperazine rings is 1. The molecule has 1 saturated heterocycles. The molecule has 5 nitrogen and oxygen atoms in total. The number of aliphatic hydroxyl groups is 1. The highest BCUT2D eigenvalue weighted by Crippen LogP contribution is 2.23. The van der Waals surface area contributed by atoms with E-state index in [-0.39, 0.29) is 5.91 Å². The van der Waals surface area contributed by atoms with E-state index in [2.05, 4.69) is 4.90 Å². The topological polar surface area (TPSA) is 69.8 Å². The van der Waals surface area contributed by atoms with Crippen molar-refractivity contribution in [3.8, 4) is 0 Å². The van der Waals surface area contributed by atoms with Gasteiger partial charge in [-0.3, -0.25) is 9.69 Å². The van der Waals surface area contributed by atoms with Crippen LogP contribution in [0.1, 0.15) is 34.1 Å². The van der Waals surface area contributed by atoms with Gasteiger partial charge in [0.05, 0.1) is 11.0 Å². The Balaban J connectivity index is 2.52. The molecule has 0 radical (unpaired) electrons. The minimum Gasteiger partial charge on any atom is -0.389 e. The Bertz CT molecular complexity index is 300. The minimum atomic E-state index is -0.679. The summed E-state index contributed by atoms with van der Waals surface area (Å²) in [6, 6.07) is 0. The van der Waals surface area contributed by atoms with E-state index >= 15 is 0 Å². The molecule has 19 heavy (non-hydrogen) atoms. The Hall–Kier alpha value is -0.650. The third-order valence-corrected chi connectivity index (χ3v) is 4.02. The molecule has 112 valence electrons. The van der Waals surface area contributed by atoms with Crippen LogP contribution in [-0.4, -0.2) is 65.7 Å². The zero-order valence-corrected chi connectivity index (χ0v) is 12.8. The first-order valence-electron chi connectivity index (χ1n) is 7.16. The first-order chi connectivity index (χ1) is 8.72. The summed E-state index contributed by atoms with van der Waals surface area (Å²) in [6.07, 6.45) is 0.770. The van der Waals surface area contributed by atoms with Crippen molar-refractivity contribution in [2.45, 2.75) is 39.7 Å². The summed E-state index contributed by atoms with van der Waals surface area (Å²) < 4.78 is 0. The highest BCUT2D eigenvalue weighted by Gasteiger charge is 2.35. The number of β-amino-alcohol motifs (C(OH)–C–C–N with tert-alkyl or cyclic N) is 1. The molecular formula is C14H29N3O2. The van der Waals surface area contributed by atoms with Gasteiger partial charge in [-0.05, 0) is 27.2 Å². The van der Waals surface area contributed by atoms with Crippen LogP contribution >= 0.6 is 0 Å². The van der Waals surface area contributed by atoms with Crippen LogP contribution in [0.5, 0.6) is 0 Å². The van der Waals surface area contributed by atoms with Crippen LogP contribution in [0.25, 0.3) is 0 Å². The molecule has 5 heteroatoms. The fourth-order valence-corrected chi connectivity index (χ4v) is 2.42. The van der Waals surface area contributed by atoms with Gasteiger partial charge in [-0.25, -0.2) is 0 Å². The van der Waals surface area contributed by atoms with E-state index in [1.165, 1.54) is 0 Å². The van der Waals surface area contributed by atoms with Crippen LogP contribution in [0, 0.1) is 5.41 Å². The zero-order chi connectivity index (χ0) is 14.7. The first kappa shape index (κ1) is 16.4. The molecule has 1 aliphatic rings. The summed E-state index contributed by atoms with van der Waals surface area (Å²) >= 11 is 0. The number of carbonyl (C=O) groups is 1. The Morgan fingerprint density at radius 3 is 2.11 bits per heavy atom. The van der Waals surface area contributed by atoms with Crippen LogP contribution in [0.4, 0.5) is 0 Å². The van der Waals surface area contributed by atoms with Gasteiger partial charge in [-0.1, -0.05) is 6.92 Å². The smallest absolute Gasteiger partial charge is 0.229 e. The molecule has 0 aromatic heterocycles. The number of hydrogen-bond donors (Lipinski definition) is 2. The normalized spacial score (nSPS) is 21.3. The molecule has 1 amide bonds. The molecule has 1 aliphatic heterocycles. The van der Waals surface area contributed by atoms with Crippen molar-refractivity contribution in [3.63, 3.8) is 0 Å². The Kier molecular flexibility index (Phi) is 5.35. The lowest BCUT2D eigenvalue weighted by Gasteiger charge is -2.40. The Labute approximate surface area is 116 Å². The van der Waals surface area contributed by atoms with Crippen molar-refractivity contribution < 1.29 is 9.90 Å². The summed E-state index contributed by atoms with van der Waals surface area (Å²) in [4.78, 5) is 16.6. The lowest BCUT2D eigenvalue weighted by Crippen LogP contribution is -2.55. The zero-order valence-electron chi connectivity index (χ0n) is 12.8. The largest absolute Gasteiger partial charge is 0.389 e. The molecule has 1 heterocycles. The summed E-state index contributed by atoms with van der Waals surface area (Å²) in [5.41, 5.74) is 4.63. The van der Waals surface area contributed by atoms with E-state index in [1.54, 1.807) is 0 Å². The van der Waals surface area contributed by atoms with E-state index < -0.39 is 11.0 Å². The SMILES string of the molecule is CCC(C)(CN)C(=O)N1CCN(CC(C)(C)O)CC1. The number of rotatable bonds is 5. The van der Waals surface area contributed by atoms with E-state index in [9.17, 15) is 9.90 Å². The quantitative estimate of drug-likeness (QED) is 0.753. The van der Waals surface area contributed by atoms with Gasteiger partial charge in [0.2, 0.25) is 5.91 Å². The van der Waals surface area contributed by atoms with Crippen molar-refractivity contribution in [1.29, 1.82) is 0 Å². The number of carbonyl (C=O) groups excluding carboxylic acids is 1. The second kappa shape index (κ2) is 6.20. The molecule has 0 bridgehead atoms. The van der Waals surface area contributed by atoms with Gasteiger partial charge < -0.3 is 15.7 Å². The predicted octanol–water partition coefficient (Wildman–Crippen LogP) is 0.277. The molecule has 1 rings (SSSR count). The third-order valence-electron chi connectivity index (χ3n) is 4.02. The summed E-state index contributed by atoms with van der Waals surface area (Å²) in [5.74, 6) is 0.167. The van der Waals surface area contributed by atoms with Gasteiger partial charge >= 0.3 is 0 Å². The molecule has 1 atom stereocenters. The van der Waals surface area contributed by atoms with Crippen molar-refractivity contribution >= 4 is 5.91 Å². The standard InChI is InChI=1S/C14H29N3O2/c1-5-14(4,10-15)12(18)17-8-6-16(7-9-17)11-13(2,3)19/h19H,5-11,15H2,1-4H3. The number of hydrogen-bond acceptors (Lipinski definition) is 4. The summed E-state index contributed by atoms with van der Waals surface area (Å²) in [6.45, 7) is 11.7. The van der Waals surface area contributed by atoms with Gasteiger partial charge in [0.25, 0.3) is 0 Å². The molecule has 0 spiro atoms. The first-order valence-corrected chi connectivity index (χ1v) is 7.16. The lowest BCUT2D eigenvalue weighted by molar-refractivity contribution is -0.143. The maximum absolute atomic E-state index is 12.5. The maximum atomic E-state index is 12.5. The van der Waals surface area contributed by atoms with Gasteiger partial charge in [0, 0.05) is 39.3 Å². The summed E-state index contributed by atoms with van der Waals surface area (Å²) in [7, 11) is 0. The second-order valence-corrected chi connectivity index (χ2v) is 6.50. The maximum Gasteiger partial charge on any atom is 0.229 e. The Morgan fingerprint density at radius 2 is 1.74 bits per heavy atom. The molecule has 0 aromatic carbocycles. The molecule has 3 N–H and O–H groups in total. The fraction of sp³-hybridized carbons (Fsp3) is 0.929. The van der Waals surface area contributed by atoms with Crippen LogP contribution in [-0.2, 0) is 4.79 Å². The highest BCUT2D eigenvalue weighted by atomic mass is 16.3. The summed E-state index contributed by atoms with van der Waals surface area (Å²) in [5, 5.41) is 9.81. The van der Waals surface area contributed by atoms with E-state index in [4.69, 9.17) is 5.73 Å². The number of nitrogens with two attached hydrogens (primary N) is 1. The van der Waals surface area contributed by atoms with E-state index in [0.29, 0.717) is 13.1 Å². The van der Waals surface area contributed by atoms with E-state index in [0.717, 1.165) is 32.6 Å². The fourth-order valence-electron chi connectivity index (χ4n) is 2.42. The molecule has 0 aromatic rings. The molecule has 1 fully saturated rings. The van der Waals surface area contributed by atoms with Gasteiger partial charge in [0.1, 0.15) is 0 Å². The highest BCUT2D eigenvalue weighted by molar-refractivity contribution is 5.82. The van der Waals surface area contributed by atoms with Crippen molar-refractivity contribution in [3.05, 3.63) is 0 Å². The van der Waals surface area contributed by atoms with Crippen molar-refractivity contribution in [2.75, 3.05) is 39.3 Å². The van der Waals surface area contributed by atoms with Crippen LogP contribution in [0.15, 0.2) is 0 Å². The van der Waals surface area contributed by atoms with Crippen LogP contribution < -0.4 is 5.73 Å². The van der Waals surface area contributed by atoms with Crippen molar-refractivity contribution in [2.24, 2.45) is 11.1 Å². The second-order valence-electron chi connectivity index (χ2n) is 6.50. The van der Waals surface area contributed by atoms with Crippen LogP contribution in [0.3, 0.4) is 0 Å². The third kappa shape index (κ3) is 4.44. The van der Waals surface area contributed by atoms with Gasteiger partial charge in [0.15, 0.2) is 0 Å². The number of amides is 1. The molecule has 0 aliphatic carbocycles. The molecule has 0 saturated carbocycles. The number of nitrogens with zero attached hydrogens (tertiary/aromatic N) is 2. The van der Waals surface area contributed by atoms with E-state index in [1.807, 2.05) is 32.6 Å². The lowest BCUT2D eigenvalue weighted by atomic mass is 9.86. The van der Waals surface area contributed by atoms with Crippen LogP contribution in [0.2, 0.25) is 0 Å². The monoisotopic (exact) mass is 271 g/mol. The Morgan fingerprint density at radius 1 is 1.21 bits per heavy atom. The predicted molar refractivity (Wildman–Crippen MR) is 76.8 cm³/mol. The molecular weight excluding hydrogens is 242 g/mol.